The molecule has 0 aliphatic heterocycles. The van der Waals surface area contributed by atoms with Gasteiger partial charge in [-0.05, 0) is 30.3 Å². The van der Waals surface area contributed by atoms with Crippen LogP contribution < -0.4 is 10.6 Å². The van der Waals surface area contributed by atoms with E-state index in [-0.39, 0.29) is 0 Å². The van der Waals surface area contributed by atoms with Gasteiger partial charge in [-0.25, -0.2) is 0 Å². The van der Waals surface area contributed by atoms with E-state index in [1.165, 1.54) is 0 Å². The summed E-state index contributed by atoms with van der Waals surface area (Å²) in [6.07, 6.45) is 1.77. The first kappa shape index (κ1) is 11.5. The number of hydrogen-bond donors (Lipinski definition) is 1. The van der Waals surface area contributed by atoms with Crippen LogP contribution in [0.15, 0.2) is 47.0 Å². The number of rotatable bonds is 3. The van der Waals surface area contributed by atoms with Crippen molar-refractivity contribution in [1.29, 1.82) is 0 Å². The lowest BCUT2D eigenvalue weighted by molar-refractivity contribution is 0.581. The minimum absolute atomic E-state index is 0.561. The number of aromatic nitrogens is 2. The van der Waals surface area contributed by atoms with Gasteiger partial charge in [-0.3, -0.25) is 4.98 Å². The third kappa shape index (κ3) is 2.35. The molecular formula is C14H14N4O. The van der Waals surface area contributed by atoms with Gasteiger partial charge in [0.15, 0.2) is 5.58 Å². The molecule has 0 unspecified atom stereocenters. The van der Waals surface area contributed by atoms with E-state index in [4.69, 9.17) is 10.2 Å². The molecule has 0 atom stereocenters. The van der Waals surface area contributed by atoms with Crippen molar-refractivity contribution in [3.8, 4) is 0 Å². The number of hydrogen-bond acceptors (Lipinski definition) is 5. The van der Waals surface area contributed by atoms with Crippen LogP contribution in [0.5, 0.6) is 0 Å². The zero-order chi connectivity index (χ0) is 13.2. The van der Waals surface area contributed by atoms with Gasteiger partial charge in [0, 0.05) is 18.9 Å². The number of nitrogens with two attached hydrogens (primary N) is 1. The lowest BCUT2D eigenvalue weighted by Gasteiger charge is -2.13. The zero-order valence-corrected chi connectivity index (χ0v) is 10.6. The molecule has 0 aliphatic carbocycles. The fourth-order valence-electron chi connectivity index (χ4n) is 1.90. The Morgan fingerprint density at radius 3 is 2.95 bits per heavy atom. The van der Waals surface area contributed by atoms with Crippen LogP contribution in [-0.4, -0.2) is 17.0 Å². The summed E-state index contributed by atoms with van der Waals surface area (Å²) >= 11 is 0. The Morgan fingerprint density at radius 2 is 2.16 bits per heavy atom. The second-order valence-electron chi connectivity index (χ2n) is 4.40. The van der Waals surface area contributed by atoms with Gasteiger partial charge in [-0.15, -0.1) is 0 Å². The molecule has 3 aromatic rings. The van der Waals surface area contributed by atoms with Crippen LogP contribution in [-0.2, 0) is 6.54 Å². The highest BCUT2D eigenvalue weighted by atomic mass is 16.4. The molecular weight excluding hydrogens is 240 g/mol. The average molecular weight is 254 g/mol. The summed E-state index contributed by atoms with van der Waals surface area (Å²) in [4.78, 5) is 10.6. The predicted molar refractivity (Wildman–Crippen MR) is 74.8 cm³/mol. The molecule has 5 heteroatoms. The summed E-state index contributed by atoms with van der Waals surface area (Å²) in [6, 6.07) is 11.8. The number of anilines is 2. The maximum Gasteiger partial charge on any atom is 0.298 e. The normalized spacial score (nSPS) is 10.8. The van der Waals surface area contributed by atoms with Crippen molar-refractivity contribution in [2.24, 2.45) is 0 Å². The number of nitrogens with zero attached hydrogens (tertiary/aromatic N) is 3. The fourth-order valence-corrected chi connectivity index (χ4v) is 1.90. The van der Waals surface area contributed by atoms with Gasteiger partial charge in [0.1, 0.15) is 5.52 Å². The molecule has 96 valence electrons. The molecule has 0 saturated heterocycles. The maximum absolute atomic E-state index is 5.73. The van der Waals surface area contributed by atoms with Crippen LogP contribution in [0.2, 0.25) is 0 Å². The number of oxazole rings is 1. The summed E-state index contributed by atoms with van der Waals surface area (Å²) in [7, 11) is 1.92. The van der Waals surface area contributed by atoms with Gasteiger partial charge in [0.2, 0.25) is 0 Å². The van der Waals surface area contributed by atoms with E-state index >= 15 is 0 Å². The van der Waals surface area contributed by atoms with Gasteiger partial charge in [-0.1, -0.05) is 6.07 Å². The summed E-state index contributed by atoms with van der Waals surface area (Å²) in [5.74, 6) is 0. The molecule has 0 bridgehead atoms. The molecule has 19 heavy (non-hydrogen) atoms. The van der Waals surface area contributed by atoms with Crippen LogP contribution in [0.1, 0.15) is 5.69 Å². The van der Waals surface area contributed by atoms with Crippen LogP contribution >= 0.6 is 0 Å². The highest BCUT2D eigenvalue weighted by Gasteiger charge is 2.11. The van der Waals surface area contributed by atoms with Crippen LogP contribution in [0, 0.1) is 0 Å². The van der Waals surface area contributed by atoms with Crippen LogP contribution in [0.25, 0.3) is 11.1 Å². The van der Waals surface area contributed by atoms with Crippen molar-refractivity contribution >= 4 is 22.8 Å². The number of benzene rings is 1. The molecule has 0 spiro atoms. The average Bonchev–Trinajstić information content (AvgIpc) is 2.83. The number of pyridine rings is 1. The van der Waals surface area contributed by atoms with Crippen molar-refractivity contribution in [3.05, 3.63) is 48.3 Å². The Kier molecular flexibility index (Phi) is 2.79. The van der Waals surface area contributed by atoms with Gasteiger partial charge in [0.05, 0.1) is 12.2 Å². The monoisotopic (exact) mass is 254 g/mol. The van der Waals surface area contributed by atoms with Crippen molar-refractivity contribution in [1.82, 2.24) is 9.97 Å². The summed E-state index contributed by atoms with van der Waals surface area (Å²) in [5, 5.41) is 0. The summed E-state index contributed by atoms with van der Waals surface area (Å²) in [6.45, 7) is 0.642. The molecule has 0 saturated carbocycles. The molecule has 0 amide bonds. The first-order valence-electron chi connectivity index (χ1n) is 5.99. The number of nitrogen functional groups attached to an aromatic ring is 1. The molecule has 2 heterocycles. The Bertz CT molecular complexity index is 693. The summed E-state index contributed by atoms with van der Waals surface area (Å²) < 4.78 is 5.69. The molecule has 1 aromatic carbocycles. The smallest absolute Gasteiger partial charge is 0.298 e. The highest BCUT2D eigenvalue weighted by Crippen LogP contribution is 2.23. The third-order valence-electron chi connectivity index (χ3n) is 2.85. The minimum atomic E-state index is 0.561. The molecule has 2 N–H and O–H groups in total. The molecule has 0 fully saturated rings. The lowest BCUT2D eigenvalue weighted by Crippen LogP contribution is -2.17. The maximum atomic E-state index is 5.73. The Labute approximate surface area is 110 Å². The van der Waals surface area contributed by atoms with Gasteiger partial charge in [-0.2, -0.15) is 4.98 Å². The minimum Gasteiger partial charge on any atom is -0.423 e. The summed E-state index contributed by atoms with van der Waals surface area (Å²) in [5.41, 5.74) is 8.87. The Hall–Kier alpha value is -2.56. The van der Waals surface area contributed by atoms with Crippen molar-refractivity contribution < 1.29 is 4.42 Å². The SMILES string of the molecule is CN(Cc1ccccn1)c1nc2cc(N)ccc2o1. The van der Waals surface area contributed by atoms with Crippen LogP contribution in [0.3, 0.4) is 0 Å². The highest BCUT2D eigenvalue weighted by molar-refractivity contribution is 5.78. The zero-order valence-electron chi connectivity index (χ0n) is 10.6. The van der Waals surface area contributed by atoms with E-state index in [1.54, 1.807) is 18.3 Å². The topological polar surface area (TPSA) is 68.2 Å². The second-order valence-corrected chi connectivity index (χ2v) is 4.40. The predicted octanol–water partition coefficient (Wildman–Crippen LogP) is 2.44. The van der Waals surface area contributed by atoms with E-state index in [0.717, 1.165) is 16.8 Å². The van der Waals surface area contributed by atoms with Crippen molar-refractivity contribution in [3.63, 3.8) is 0 Å². The van der Waals surface area contributed by atoms with Crippen molar-refractivity contribution in [2.75, 3.05) is 17.7 Å². The Balaban J connectivity index is 1.87. The largest absolute Gasteiger partial charge is 0.423 e. The lowest BCUT2D eigenvalue weighted by atomic mass is 10.3. The molecule has 3 rings (SSSR count). The van der Waals surface area contributed by atoms with Gasteiger partial charge >= 0.3 is 0 Å². The van der Waals surface area contributed by atoms with Crippen molar-refractivity contribution in [2.45, 2.75) is 6.54 Å². The standard InChI is InChI=1S/C14H14N4O/c1-18(9-11-4-2-3-7-16-11)14-17-12-8-10(15)5-6-13(12)19-14/h2-8H,9,15H2,1H3. The second kappa shape index (κ2) is 4.61. The van der Waals surface area contributed by atoms with E-state index in [1.807, 2.05) is 36.2 Å². The fraction of sp³-hybridized carbons (Fsp3) is 0.143. The third-order valence-corrected chi connectivity index (χ3v) is 2.85. The van der Waals surface area contributed by atoms with E-state index in [0.29, 0.717) is 18.2 Å². The quantitative estimate of drug-likeness (QED) is 0.727. The molecule has 0 radical (unpaired) electrons. The Morgan fingerprint density at radius 1 is 1.26 bits per heavy atom. The first-order chi connectivity index (χ1) is 9.22. The van der Waals surface area contributed by atoms with Gasteiger partial charge in [0.25, 0.3) is 6.01 Å². The van der Waals surface area contributed by atoms with Gasteiger partial charge < -0.3 is 15.1 Å². The first-order valence-corrected chi connectivity index (χ1v) is 5.99. The number of fused-ring (bicyclic) bond motifs is 1. The molecule has 2 aromatic heterocycles. The molecule has 0 aliphatic rings. The van der Waals surface area contributed by atoms with E-state index in [2.05, 4.69) is 9.97 Å². The van der Waals surface area contributed by atoms with E-state index < -0.39 is 0 Å². The van der Waals surface area contributed by atoms with Crippen LogP contribution in [0.4, 0.5) is 11.7 Å². The molecule has 5 nitrogen and oxygen atoms in total. The van der Waals surface area contributed by atoms with E-state index in [9.17, 15) is 0 Å².